The fourth-order valence-electron chi connectivity index (χ4n) is 2.59. The topological polar surface area (TPSA) is 145 Å². The lowest BCUT2D eigenvalue weighted by molar-refractivity contribution is -0.384. The summed E-state index contributed by atoms with van der Waals surface area (Å²) in [7, 11) is -3.01. The van der Waals surface area contributed by atoms with Crippen LogP contribution in [0.5, 0.6) is 0 Å². The predicted octanol–water partition coefficient (Wildman–Crippen LogP) is 1.16. The molecule has 1 amide bonds. The molecule has 160 valence electrons. The Hall–Kier alpha value is -3.31. The fourth-order valence-corrected chi connectivity index (χ4v) is 3.79. The van der Waals surface area contributed by atoms with Crippen LogP contribution in [0.1, 0.15) is 12.5 Å². The van der Waals surface area contributed by atoms with E-state index in [1.807, 2.05) is 0 Å². The van der Waals surface area contributed by atoms with Gasteiger partial charge in [0.15, 0.2) is 0 Å². The highest BCUT2D eigenvalue weighted by Gasteiger charge is 2.28. The normalized spacial score (nSPS) is 13.1. The van der Waals surface area contributed by atoms with E-state index in [1.165, 1.54) is 14.0 Å². The third-order valence-corrected chi connectivity index (χ3v) is 5.66. The molecule has 2 aromatic rings. The lowest BCUT2D eigenvalue weighted by Crippen LogP contribution is -2.51. The number of hydrogen-bond acceptors (Lipinski definition) is 7. The maximum Gasteiger partial charge on any atom is 0.328 e. The second kappa shape index (κ2) is 9.94. The summed E-state index contributed by atoms with van der Waals surface area (Å²) in [6.45, 7) is 1.41. The number of carbonyl (C=O) groups is 2. The van der Waals surface area contributed by atoms with Crippen molar-refractivity contribution < 1.29 is 27.7 Å². The van der Waals surface area contributed by atoms with Gasteiger partial charge in [0.2, 0.25) is 15.9 Å². The second-order valence-corrected chi connectivity index (χ2v) is 8.08. The van der Waals surface area contributed by atoms with Crippen LogP contribution in [-0.4, -0.2) is 44.4 Å². The van der Waals surface area contributed by atoms with Gasteiger partial charge in [-0.15, -0.1) is 0 Å². The van der Waals surface area contributed by atoms with Crippen molar-refractivity contribution in [3.63, 3.8) is 0 Å². The number of ether oxygens (including phenoxy) is 1. The first-order valence-corrected chi connectivity index (χ1v) is 10.3. The fraction of sp³-hybridized carbons (Fsp3) is 0.263. The van der Waals surface area contributed by atoms with E-state index in [9.17, 15) is 28.1 Å². The molecule has 0 saturated heterocycles. The minimum absolute atomic E-state index is 0.0206. The van der Waals surface area contributed by atoms with Gasteiger partial charge in [-0.2, -0.15) is 4.72 Å². The number of non-ortho nitro benzene ring substituents is 1. The Morgan fingerprint density at radius 2 is 1.70 bits per heavy atom. The third-order valence-electron chi connectivity index (χ3n) is 4.17. The molecule has 0 bridgehead atoms. The maximum atomic E-state index is 12.7. The maximum absolute atomic E-state index is 12.7. The van der Waals surface area contributed by atoms with Crippen molar-refractivity contribution in [2.75, 3.05) is 7.11 Å². The van der Waals surface area contributed by atoms with Crippen LogP contribution in [0.4, 0.5) is 5.69 Å². The zero-order valence-electron chi connectivity index (χ0n) is 16.3. The van der Waals surface area contributed by atoms with Gasteiger partial charge in [-0.3, -0.25) is 14.9 Å². The molecule has 2 N–H and O–H groups in total. The van der Waals surface area contributed by atoms with Crippen molar-refractivity contribution in [3.05, 3.63) is 70.3 Å². The van der Waals surface area contributed by atoms with Crippen LogP contribution in [0.3, 0.4) is 0 Å². The summed E-state index contributed by atoms with van der Waals surface area (Å²) in [4.78, 5) is 34.2. The Morgan fingerprint density at radius 3 is 2.23 bits per heavy atom. The lowest BCUT2D eigenvalue weighted by Gasteiger charge is -2.20. The number of sulfonamides is 1. The van der Waals surface area contributed by atoms with Crippen LogP contribution in [0, 0.1) is 10.1 Å². The standard InChI is InChI=1S/C19H21N3O7S/c1-13(19(24)29-2)20-18(23)17(12-14-6-4-3-5-7-14)21-30(27,28)16-10-8-15(9-11-16)22(25)26/h3-11,13,17,21H,12H2,1-2H3,(H,20,23)/t13-,17-/m0/s1. The van der Waals surface area contributed by atoms with Crippen LogP contribution in [0.15, 0.2) is 59.5 Å². The summed E-state index contributed by atoms with van der Waals surface area (Å²) in [6, 6.07) is 10.8. The minimum Gasteiger partial charge on any atom is -0.467 e. The molecule has 0 aliphatic rings. The quantitative estimate of drug-likeness (QED) is 0.341. The molecule has 2 atom stereocenters. The smallest absolute Gasteiger partial charge is 0.328 e. The Bertz CT molecular complexity index is 1010. The number of methoxy groups -OCH3 is 1. The highest BCUT2D eigenvalue weighted by Crippen LogP contribution is 2.16. The van der Waals surface area contributed by atoms with E-state index >= 15 is 0 Å². The number of nitrogens with one attached hydrogen (secondary N) is 2. The van der Waals surface area contributed by atoms with Gasteiger partial charge < -0.3 is 10.1 Å². The molecule has 0 heterocycles. The van der Waals surface area contributed by atoms with E-state index in [1.54, 1.807) is 30.3 Å². The number of esters is 1. The minimum atomic E-state index is -4.18. The number of nitrogens with zero attached hydrogens (tertiary/aromatic N) is 1. The first-order valence-electron chi connectivity index (χ1n) is 8.83. The molecule has 0 aliphatic heterocycles. The van der Waals surface area contributed by atoms with Gasteiger partial charge in [0.05, 0.1) is 16.9 Å². The van der Waals surface area contributed by atoms with E-state index in [0.29, 0.717) is 5.56 Å². The largest absolute Gasteiger partial charge is 0.467 e. The van der Waals surface area contributed by atoms with Gasteiger partial charge in [-0.25, -0.2) is 13.2 Å². The Labute approximate surface area is 173 Å². The summed E-state index contributed by atoms with van der Waals surface area (Å²) in [5.41, 5.74) is 0.425. The van der Waals surface area contributed by atoms with E-state index < -0.39 is 38.9 Å². The first-order chi connectivity index (χ1) is 14.1. The van der Waals surface area contributed by atoms with Crippen LogP contribution in [0.25, 0.3) is 0 Å². The van der Waals surface area contributed by atoms with Crippen LogP contribution >= 0.6 is 0 Å². The molecule has 30 heavy (non-hydrogen) atoms. The van der Waals surface area contributed by atoms with Gasteiger partial charge >= 0.3 is 5.97 Å². The molecule has 0 spiro atoms. The first kappa shape index (κ1) is 23.0. The van der Waals surface area contributed by atoms with Crippen molar-refractivity contribution >= 4 is 27.6 Å². The van der Waals surface area contributed by atoms with Gasteiger partial charge in [0, 0.05) is 12.1 Å². The average Bonchev–Trinajstić information content (AvgIpc) is 2.73. The lowest BCUT2D eigenvalue weighted by atomic mass is 10.1. The Morgan fingerprint density at radius 1 is 1.10 bits per heavy atom. The number of carbonyl (C=O) groups excluding carboxylic acids is 2. The molecule has 10 nitrogen and oxygen atoms in total. The SMILES string of the molecule is COC(=O)[C@H](C)NC(=O)[C@H](Cc1ccccc1)NS(=O)(=O)c1ccc([N+](=O)[O-])cc1. The monoisotopic (exact) mass is 435 g/mol. The molecular formula is C19H21N3O7S. The second-order valence-electron chi connectivity index (χ2n) is 6.37. The highest BCUT2D eigenvalue weighted by atomic mass is 32.2. The van der Waals surface area contributed by atoms with E-state index in [-0.39, 0.29) is 17.0 Å². The number of rotatable bonds is 9. The summed E-state index contributed by atoms with van der Waals surface area (Å²) < 4.78 is 32.4. The predicted molar refractivity (Wildman–Crippen MR) is 107 cm³/mol. The molecule has 0 aromatic heterocycles. The van der Waals surface area contributed by atoms with Gasteiger partial charge in [0.1, 0.15) is 12.1 Å². The zero-order valence-corrected chi connectivity index (χ0v) is 17.1. The molecule has 0 radical (unpaired) electrons. The zero-order chi connectivity index (χ0) is 22.3. The molecule has 2 aromatic carbocycles. The van der Waals surface area contributed by atoms with Crippen LogP contribution in [-0.2, 0) is 30.8 Å². The van der Waals surface area contributed by atoms with Crippen molar-refractivity contribution in [3.8, 4) is 0 Å². The molecule has 0 unspecified atom stereocenters. The summed E-state index contributed by atoms with van der Waals surface area (Å²) in [5, 5.41) is 13.2. The summed E-state index contributed by atoms with van der Waals surface area (Å²) >= 11 is 0. The van der Waals surface area contributed by atoms with E-state index in [2.05, 4.69) is 14.8 Å². The molecule has 0 fully saturated rings. The van der Waals surface area contributed by atoms with Crippen molar-refractivity contribution in [1.29, 1.82) is 0 Å². The number of nitro benzene ring substituents is 1. The van der Waals surface area contributed by atoms with Gasteiger partial charge in [-0.05, 0) is 31.0 Å². The number of benzene rings is 2. The van der Waals surface area contributed by atoms with E-state index in [0.717, 1.165) is 24.3 Å². The number of nitro groups is 1. The molecule has 2 rings (SSSR count). The van der Waals surface area contributed by atoms with Gasteiger partial charge in [0.25, 0.3) is 5.69 Å². The highest BCUT2D eigenvalue weighted by molar-refractivity contribution is 7.89. The van der Waals surface area contributed by atoms with Gasteiger partial charge in [-0.1, -0.05) is 30.3 Å². The van der Waals surface area contributed by atoms with E-state index in [4.69, 9.17) is 0 Å². The molecule has 11 heteroatoms. The summed E-state index contributed by atoms with van der Waals surface area (Å²) in [6.07, 6.45) is 0.0206. The van der Waals surface area contributed by atoms with Crippen LogP contribution < -0.4 is 10.0 Å². The molecule has 0 saturated carbocycles. The Balaban J connectivity index is 2.27. The number of hydrogen-bond donors (Lipinski definition) is 2. The average molecular weight is 435 g/mol. The Kier molecular flexibility index (Phi) is 7.61. The third kappa shape index (κ3) is 6.09. The van der Waals surface area contributed by atoms with Crippen molar-refractivity contribution in [2.24, 2.45) is 0 Å². The molecular weight excluding hydrogens is 414 g/mol. The van der Waals surface area contributed by atoms with Crippen molar-refractivity contribution in [2.45, 2.75) is 30.3 Å². The molecule has 0 aliphatic carbocycles. The summed E-state index contributed by atoms with van der Waals surface area (Å²) in [5.74, 6) is -1.40. The van der Waals surface area contributed by atoms with Crippen molar-refractivity contribution in [1.82, 2.24) is 10.0 Å². The number of amides is 1. The van der Waals surface area contributed by atoms with Crippen LogP contribution in [0.2, 0.25) is 0 Å².